The number of amidine groups is 1. The molecular weight excluding hydrogens is 304 g/mol. The van der Waals surface area contributed by atoms with E-state index in [4.69, 9.17) is 14.2 Å². The largest absolute Gasteiger partial charge is 0.448 e. The maximum absolute atomic E-state index is 11.0. The Morgan fingerprint density at radius 1 is 1.39 bits per heavy atom. The second kappa shape index (κ2) is 9.98. The molecule has 0 aromatic carbocycles. The smallest absolute Gasteiger partial charge is 0.406 e. The predicted molar refractivity (Wildman–Crippen MR) is 86.1 cm³/mol. The number of alkyl carbamates (subject to hydrolysis) is 1. The lowest BCUT2D eigenvalue weighted by molar-refractivity contribution is -0.0205. The van der Waals surface area contributed by atoms with Crippen LogP contribution in [-0.2, 0) is 14.2 Å². The van der Waals surface area contributed by atoms with Crippen LogP contribution in [0.1, 0.15) is 13.8 Å². The summed E-state index contributed by atoms with van der Waals surface area (Å²) in [5.41, 5.74) is 3.20. The van der Waals surface area contributed by atoms with Crippen LogP contribution in [0.25, 0.3) is 0 Å². The second-order valence-corrected chi connectivity index (χ2v) is 4.94. The summed E-state index contributed by atoms with van der Waals surface area (Å²) in [5, 5.41) is 7.17. The zero-order valence-corrected chi connectivity index (χ0v) is 14.3. The average molecular weight is 330 g/mol. The third-order valence-electron chi connectivity index (χ3n) is 2.65. The number of amides is 1. The average Bonchev–Trinajstić information content (AvgIpc) is 2.52. The number of nitrogens with zero attached hydrogens (tertiary/aromatic N) is 3. The molecule has 1 amide bonds. The Labute approximate surface area is 136 Å². The monoisotopic (exact) mass is 330 g/mol. The molecule has 0 aromatic heterocycles. The van der Waals surface area contributed by atoms with E-state index in [1.807, 2.05) is 13.8 Å². The number of nitrogens with one attached hydrogen (secondary N) is 3. The number of carbonyl (C=O) groups excluding carboxylic acids is 1. The third kappa shape index (κ3) is 6.38. The number of ether oxygens (including phenoxy) is 3. The summed E-state index contributed by atoms with van der Waals surface area (Å²) in [7, 11) is 4.64. The van der Waals surface area contributed by atoms with E-state index < -0.39 is 12.4 Å². The topological polar surface area (TPSA) is 109 Å². The SMILES string of the molecule is CNC(=O)OCCNC1=NC(COC)=NC(OC)N1NC(C)C. The minimum Gasteiger partial charge on any atom is -0.448 e. The second-order valence-electron chi connectivity index (χ2n) is 4.94. The highest BCUT2D eigenvalue weighted by molar-refractivity contribution is 5.98. The van der Waals surface area contributed by atoms with Gasteiger partial charge in [0.2, 0.25) is 12.3 Å². The molecule has 1 heterocycles. The Morgan fingerprint density at radius 3 is 2.70 bits per heavy atom. The van der Waals surface area contributed by atoms with Crippen molar-refractivity contribution >= 4 is 17.9 Å². The maximum atomic E-state index is 11.0. The van der Waals surface area contributed by atoms with Crippen LogP contribution in [0.3, 0.4) is 0 Å². The molecule has 10 nitrogen and oxygen atoms in total. The van der Waals surface area contributed by atoms with Crippen LogP contribution in [0.15, 0.2) is 9.98 Å². The first kappa shape index (κ1) is 19.1. The van der Waals surface area contributed by atoms with E-state index >= 15 is 0 Å². The van der Waals surface area contributed by atoms with Gasteiger partial charge in [-0.3, -0.25) is 0 Å². The lowest BCUT2D eigenvalue weighted by Crippen LogP contribution is -2.59. The fourth-order valence-corrected chi connectivity index (χ4v) is 1.76. The van der Waals surface area contributed by atoms with Crippen LogP contribution < -0.4 is 16.1 Å². The molecule has 0 radical (unpaired) electrons. The van der Waals surface area contributed by atoms with E-state index in [0.29, 0.717) is 18.3 Å². The summed E-state index contributed by atoms with van der Waals surface area (Å²) in [6.45, 7) is 4.85. The molecule has 0 bridgehead atoms. The van der Waals surface area contributed by atoms with Crippen molar-refractivity contribution in [3.05, 3.63) is 0 Å². The summed E-state index contributed by atoms with van der Waals surface area (Å²) < 4.78 is 15.4. The lowest BCUT2D eigenvalue weighted by Gasteiger charge is -2.35. The molecule has 3 N–H and O–H groups in total. The highest BCUT2D eigenvalue weighted by Gasteiger charge is 2.27. The van der Waals surface area contributed by atoms with Crippen LogP contribution >= 0.6 is 0 Å². The van der Waals surface area contributed by atoms with Crippen molar-refractivity contribution in [1.82, 2.24) is 21.1 Å². The molecule has 1 unspecified atom stereocenters. The van der Waals surface area contributed by atoms with E-state index in [2.05, 4.69) is 26.0 Å². The minimum absolute atomic E-state index is 0.154. The van der Waals surface area contributed by atoms with Crippen LogP contribution in [0.2, 0.25) is 0 Å². The molecule has 1 rings (SSSR count). The number of methoxy groups -OCH3 is 2. The van der Waals surface area contributed by atoms with Crippen LogP contribution in [0, 0.1) is 0 Å². The molecule has 1 aliphatic heterocycles. The van der Waals surface area contributed by atoms with Crippen LogP contribution in [-0.4, -0.2) is 76.3 Å². The van der Waals surface area contributed by atoms with Crippen molar-refractivity contribution in [1.29, 1.82) is 0 Å². The van der Waals surface area contributed by atoms with Gasteiger partial charge in [0.25, 0.3) is 0 Å². The number of carbonyl (C=O) groups is 1. The van der Waals surface area contributed by atoms with Gasteiger partial charge >= 0.3 is 6.09 Å². The van der Waals surface area contributed by atoms with E-state index in [1.165, 1.54) is 7.05 Å². The van der Waals surface area contributed by atoms with Gasteiger partial charge < -0.3 is 24.8 Å². The number of rotatable bonds is 8. The molecule has 0 aromatic rings. The third-order valence-corrected chi connectivity index (χ3v) is 2.65. The maximum Gasteiger partial charge on any atom is 0.406 e. The fourth-order valence-electron chi connectivity index (χ4n) is 1.76. The predicted octanol–water partition coefficient (Wildman–Crippen LogP) is -0.508. The van der Waals surface area contributed by atoms with Crippen molar-refractivity contribution in [2.75, 3.05) is 41.0 Å². The molecule has 132 valence electrons. The molecule has 0 saturated heterocycles. The van der Waals surface area contributed by atoms with Crippen molar-refractivity contribution < 1.29 is 19.0 Å². The van der Waals surface area contributed by atoms with Crippen molar-refractivity contribution in [3.63, 3.8) is 0 Å². The number of hydrazine groups is 1. The molecule has 0 saturated carbocycles. The molecule has 1 atom stereocenters. The number of hydrogen-bond acceptors (Lipinski definition) is 9. The fraction of sp³-hybridized carbons (Fsp3) is 0.769. The van der Waals surface area contributed by atoms with E-state index in [-0.39, 0.29) is 19.3 Å². The summed E-state index contributed by atoms with van der Waals surface area (Å²) in [5.74, 6) is 1.03. The summed E-state index contributed by atoms with van der Waals surface area (Å²) in [6, 6.07) is 0.154. The molecule has 0 fully saturated rings. The highest BCUT2D eigenvalue weighted by atomic mass is 16.5. The Balaban J connectivity index is 2.73. The quantitative estimate of drug-likeness (QED) is 0.514. The normalized spacial score (nSPS) is 17.7. The minimum atomic E-state index is -0.567. The van der Waals surface area contributed by atoms with Crippen molar-refractivity contribution in [2.24, 2.45) is 9.98 Å². The molecule has 0 spiro atoms. The number of guanidine groups is 1. The first-order valence-corrected chi connectivity index (χ1v) is 7.32. The number of hydrogen-bond donors (Lipinski definition) is 3. The summed E-state index contributed by atoms with van der Waals surface area (Å²) >= 11 is 0. The molecular formula is C13H26N6O4. The van der Waals surface area contributed by atoms with Gasteiger partial charge in [-0.25, -0.2) is 20.2 Å². The molecule has 1 aliphatic rings. The number of aliphatic imine (C=N–C) groups is 2. The van der Waals surface area contributed by atoms with Gasteiger partial charge in [-0.1, -0.05) is 0 Å². The molecule has 0 aliphatic carbocycles. The van der Waals surface area contributed by atoms with Gasteiger partial charge in [0.1, 0.15) is 13.2 Å². The van der Waals surface area contributed by atoms with Gasteiger partial charge in [0.15, 0.2) is 5.84 Å². The Hall–Kier alpha value is -1.91. The van der Waals surface area contributed by atoms with Gasteiger partial charge in [-0.2, -0.15) is 4.99 Å². The first-order chi connectivity index (χ1) is 11.0. The Morgan fingerprint density at radius 2 is 2.13 bits per heavy atom. The zero-order chi connectivity index (χ0) is 17.2. The zero-order valence-electron chi connectivity index (χ0n) is 14.3. The van der Waals surface area contributed by atoms with Crippen LogP contribution in [0.5, 0.6) is 0 Å². The Kier molecular flexibility index (Phi) is 8.30. The van der Waals surface area contributed by atoms with Crippen LogP contribution in [0.4, 0.5) is 4.79 Å². The summed E-state index contributed by atoms with van der Waals surface area (Å²) in [4.78, 5) is 19.8. The highest BCUT2D eigenvalue weighted by Crippen LogP contribution is 2.08. The molecule has 10 heteroatoms. The van der Waals surface area contributed by atoms with E-state index in [1.54, 1.807) is 19.2 Å². The van der Waals surface area contributed by atoms with E-state index in [9.17, 15) is 4.79 Å². The van der Waals surface area contributed by atoms with Gasteiger partial charge in [-0.05, 0) is 13.8 Å². The standard InChI is InChI=1S/C13H26N6O4/c1-9(2)18-19-11(15-6-7-23-13(20)14-3)16-10(8-21-4)17-12(19)22-5/h9,12,18H,6-8H2,1-5H3,(H,14,20)(H,15,16,17). The first-order valence-electron chi connectivity index (χ1n) is 7.32. The lowest BCUT2D eigenvalue weighted by atomic mass is 10.4. The van der Waals surface area contributed by atoms with Crippen molar-refractivity contribution in [3.8, 4) is 0 Å². The molecule has 23 heavy (non-hydrogen) atoms. The van der Waals surface area contributed by atoms with Gasteiger partial charge in [0, 0.05) is 27.3 Å². The van der Waals surface area contributed by atoms with Gasteiger partial charge in [0.05, 0.1) is 6.54 Å². The van der Waals surface area contributed by atoms with Gasteiger partial charge in [-0.15, -0.1) is 0 Å². The van der Waals surface area contributed by atoms with E-state index in [0.717, 1.165) is 0 Å². The summed E-state index contributed by atoms with van der Waals surface area (Å²) in [6.07, 6.45) is -1.05. The van der Waals surface area contributed by atoms with Crippen molar-refractivity contribution in [2.45, 2.75) is 26.2 Å². The Bertz CT molecular complexity index is 440.